The SMILES string of the molecule is CCNC(=S)NS(=O)(=O)c1ccc(Br)cc1. The molecule has 0 saturated carbocycles. The fourth-order valence-electron chi connectivity index (χ4n) is 0.991. The molecular weight excluding hydrogens is 312 g/mol. The first-order valence-electron chi connectivity index (χ1n) is 4.52. The maximum Gasteiger partial charge on any atom is 0.263 e. The summed E-state index contributed by atoms with van der Waals surface area (Å²) >= 11 is 8.05. The van der Waals surface area contributed by atoms with Gasteiger partial charge in [-0.1, -0.05) is 15.9 Å². The molecule has 1 aromatic carbocycles. The van der Waals surface area contributed by atoms with Crippen LogP contribution in [0.5, 0.6) is 0 Å². The highest BCUT2D eigenvalue weighted by Crippen LogP contribution is 2.14. The molecule has 0 aromatic heterocycles. The van der Waals surface area contributed by atoms with Crippen molar-refractivity contribution < 1.29 is 8.42 Å². The van der Waals surface area contributed by atoms with Gasteiger partial charge in [-0.2, -0.15) is 0 Å². The van der Waals surface area contributed by atoms with Gasteiger partial charge in [-0.25, -0.2) is 8.42 Å². The Morgan fingerprint density at radius 1 is 1.38 bits per heavy atom. The molecule has 0 amide bonds. The number of sulfonamides is 1. The molecule has 0 bridgehead atoms. The Morgan fingerprint density at radius 3 is 2.44 bits per heavy atom. The first-order chi connectivity index (χ1) is 7.45. The van der Waals surface area contributed by atoms with Crippen LogP contribution in [0.25, 0.3) is 0 Å². The number of rotatable bonds is 3. The summed E-state index contributed by atoms with van der Waals surface area (Å²) in [6.45, 7) is 2.40. The van der Waals surface area contributed by atoms with Gasteiger partial charge in [0.15, 0.2) is 5.11 Å². The molecule has 16 heavy (non-hydrogen) atoms. The lowest BCUT2D eigenvalue weighted by atomic mass is 10.4. The Balaban J connectivity index is 2.86. The first-order valence-corrected chi connectivity index (χ1v) is 7.20. The number of benzene rings is 1. The molecule has 0 atom stereocenters. The predicted octanol–water partition coefficient (Wildman–Crippen LogP) is 1.62. The third-order valence-corrected chi connectivity index (χ3v) is 3.96. The second-order valence-corrected chi connectivity index (χ2v) is 5.93. The molecule has 88 valence electrons. The van der Waals surface area contributed by atoms with E-state index in [0.29, 0.717) is 6.54 Å². The van der Waals surface area contributed by atoms with Crippen LogP contribution in [0.3, 0.4) is 0 Å². The molecule has 2 N–H and O–H groups in total. The fraction of sp³-hybridized carbons (Fsp3) is 0.222. The summed E-state index contributed by atoms with van der Waals surface area (Å²) in [5, 5.41) is 2.82. The Kier molecular flexibility index (Phi) is 4.69. The van der Waals surface area contributed by atoms with Crippen LogP contribution in [-0.4, -0.2) is 20.1 Å². The van der Waals surface area contributed by atoms with Gasteiger partial charge in [-0.3, -0.25) is 4.72 Å². The lowest BCUT2D eigenvalue weighted by molar-refractivity contribution is 0.592. The molecule has 0 unspecified atom stereocenters. The molecule has 0 aliphatic carbocycles. The molecule has 4 nitrogen and oxygen atoms in total. The van der Waals surface area contributed by atoms with E-state index >= 15 is 0 Å². The monoisotopic (exact) mass is 322 g/mol. The summed E-state index contributed by atoms with van der Waals surface area (Å²) in [5.41, 5.74) is 0. The minimum absolute atomic E-state index is 0.102. The number of hydrogen-bond acceptors (Lipinski definition) is 3. The maximum absolute atomic E-state index is 11.8. The van der Waals surface area contributed by atoms with E-state index in [0.717, 1.165) is 4.47 Å². The quantitative estimate of drug-likeness (QED) is 0.830. The highest BCUT2D eigenvalue weighted by molar-refractivity contribution is 9.10. The van der Waals surface area contributed by atoms with Crippen molar-refractivity contribution in [1.82, 2.24) is 10.0 Å². The lowest BCUT2D eigenvalue weighted by Crippen LogP contribution is -2.38. The summed E-state index contributed by atoms with van der Waals surface area (Å²) < 4.78 is 26.6. The third kappa shape index (κ3) is 3.73. The molecular formula is C9H11BrN2O2S2. The Bertz CT molecular complexity index is 471. The second-order valence-electron chi connectivity index (χ2n) is 2.92. The summed E-state index contributed by atoms with van der Waals surface area (Å²) in [6, 6.07) is 6.32. The molecule has 0 radical (unpaired) electrons. The summed E-state index contributed by atoms with van der Waals surface area (Å²) in [4.78, 5) is 0.177. The van der Waals surface area contributed by atoms with Gasteiger partial charge in [0.2, 0.25) is 0 Å². The van der Waals surface area contributed by atoms with Gasteiger partial charge in [0.1, 0.15) is 0 Å². The smallest absolute Gasteiger partial charge is 0.263 e. The fourth-order valence-corrected chi connectivity index (χ4v) is 2.66. The Morgan fingerprint density at radius 2 is 1.94 bits per heavy atom. The van der Waals surface area contributed by atoms with Gasteiger partial charge >= 0.3 is 0 Å². The average molecular weight is 323 g/mol. The van der Waals surface area contributed by atoms with Gasteiger partial charge in [0.25, 0.3) is 10.0 Å². The van der Waals surface area contributed by atoms with Crippen LogP contribution >= 0.6 is 28.1 Å². The van der Waals surface area contributed by atoms with Crippen LogP contribution in [-0.2, 0) is 10.0 Å². The van der Waals surface area contributed by atoms with Crippen LogP contribution in [0.2, 0.25) is 0 Å². The number of hydrogen-bond donors (Lipinski definition) is 2. The standard InChI is InChI=1S/C9H11BrN2O2S2/c1-2-11-9(15)12-16(13,14)8-5-3-7(10)4-6-8/h3-6H,2H2,1H3,(H2,11,12,15). The predicted molar refractivity (Wildman–Crippen MR) is 70.7 cm³/mol. The number of halogens is 1. The molecule has 0 aliphatic rings. The zero-order chi connectivity index (χ0) is 12.2. The number of nitrogens with one attached hydrogen (secondary N) is 2. The Hall–Kier alpha value is -0.660. The van der Waals surface area contributed by atoms with E-state index in [2.05, 4.69) is 26.0 Å². The molecule has 1 aromatic rings. The molecule has 0 spiro atoms. The van der Waals surface area contributed by atoms with Crippen molar-refractivity contribution in [3.63, 3.8) is 0 Å². The van der Waals surface area contributed by atoms with Crippen molar-refractivity contribution >= 4 is 43.3 Å². The van der Waals surface area contributed by atoms with Crippen LogP contribution in [0.15, 0.2) is 33.6 Å². The highest BCUT2D eigenvalue weighted by Gasteiger charge is 2.14. The molecule has 0 aliphatic heterocycles. The van der Waals surface area contributed by atoms with Crippen molar-refractivity contribution in [2.75, 3.05) is 6.54 Å². The minimum Gasteiger partial charge on any atom is -0.362 e. The summed E-state index contributed by atoms with van der Waals surface area (Å²) in [6.07, 6.45) is 0. The van der Waals surface area contributed by atoms with Crippen molar-refractivity contribution in [1.29, 1.82) is 0 Å². The minimum atomic E-state index is -3.57. The van der Waals surface area contributed by atoms with Gasteiger partial charge in [0.05, 0.1) is 4.90 Å². The largest absolute Gasteiger partial charge is 0.362 e. The van der Waals surface area contributed by atoms with Crippen LogP contribution < -0.4 is 10.0 Å². The third-order valence-electron chi connectivity index (χ3n) is 1.69. The van der Waals surface area contributed by atoms with Crippen LogP contribution in [0.4, 0.5) is 0 Å². The highest BCUT2D eigenvalue weighted by atomic mass is 79.9. The molecule has 0 heterocycles. The summed E-state index contributed by atoms with van der Waals surface area (Å²) in [7, 11) is -3.57. The molecule has 7 heteroatoms. The van der Waals surface area contributed by atoms with E-state index < -0.39 is 10.0 Å². The first kappa shape index (κ1) is 13.4. The number of thiocarbonyl (C=S) groups is 1. The van der Waals surface area contributed by atoms with Crippen molar-refractivity contribution in [3.05, 3.63) is 28.7 Å². The summed E-state index contributed by atoms with van der Waals surface area (Å²) in [5.74, 6) is 0. The zero-order valence-electron chi connectivity index (χ0n) is 8.53. The van der Waals surface area contributed by atoms with Gasteiger partial charge in [0, 0.05) is 11.0 Å². The molecule has 1 rings (SSSR count). The van der Waals surface area contributed by atoms with Gasteiger partial charge in [-0.05, 0) is 43.4 Å². The van der Waals surface area contributed by atoms with Crippen LogP contribution in [0, 0.1) is 0 Å². The maximum atomic E-state index is 11.8. The van der Waals surface area contributed by atoms with E-state index in [9.17, 15) is 8.42 Å². The van der Waals surface area contributed by atoms with E-state index in [-0.39, 0.29) is 10.0 Å². The zero-order valence-corrected chi connectivity index (χ0v) is 11.7. The topological polar surface area (TPSA) is 58.2 Å². The van der Waals surface area contributed by atoms with E-state index in [1.807, 2.05) is 6.92 Å². The second kappa shape index (κ2) is 5.60. The van der Waals surface area contributed by atoms with Crippen molar-refractivity contribution in [2.24, 2.45) is 0 Å². The van der Waals surface area contributed by atoms with Crippen molar-refractivity contribution in [2.45, 2.75) is 11.8 Å². The van der Waals surface area contributed by atoms with E-state index in [1.165, 1.54) is 12.1 Å². The van der Waals surface area contributed by atoms with E-state index in [4.69, 9.17) is 12.2 Å². The average Bonchev–Trinajstić information content (AvgIpc) is 2.17. The van der Waals surface area contributed by atoms with Gasteiger partial charge < -0.3 is 5.32 Å². The Labute approximate surface area is 109 Å². The lowest BCUT2D eigenvalue weighted by Gasteiger charge is -2.09. The molecule has 0 saturated heterocycles. The van der Waals surface area contributed by atoms with Gasteiger partial charge in [-0.15, -0.1) is 0 Å². The van der Waals surface area contributed by atoms with E-state index in [1.54, 1.807) is 12.1 Å². The van der Waals surface area contributed by atoms with Crippen LogP contribution in [0.1, 0.15) is 6.92 Å². The molecule has 0 fully saturated rings. The van der Waals surface area contributed by atoms with Crippen molar-refractivity contribution in [3.8, 4) is 0 Å². The normalized spacial score (nSPS) is 10.9.